The number of carbonyl (C=O) groups excluding carboxylic acids is 2. The number of fused-ring (bicyclic) bond motifs is 2. The zero-order valence-electron chi connectivity index (χ0n) is 20.0. The van der Waals surface area contributed by atoms with E-state index in [2.05, 4.69) is 10.2 Å². The summed E-state index contributed by atoms with van der Waals surface area (Å²) in [5, 5.41) is 8.45. The van der Waals surface area contributed by atoms with E-state index in [4.69, 9.17) is 0 Å². The van der Waals surface area contributed by atoms with Crippen molar-refractivity contribution in [2.75, 3.05) is 0 Å². The Bertz CT molecular complexity index is 1290. The second-order valence-corrected chi connectivity index (χ2v) is 9.17. The molecule has 0 fully saturated rings. The number of hydrogen-bond acceptors (Lipinski definition) is 4. The van der Waals surface area contributed by atoms with Crippen molar-refractivity contribution in [3.63, 3.8) is 0 Å². The molecule has 0 saturated carbocycles. The van der Waals surface area contributed by atoms with Crippen molar-refractivity contribution in [3.8, 4) is 0 Å². The summed E-state index contributed by atoms with van der Waals surface area (Å²) in [5.74, 6) is -0.258. The molecule has 0 aliphatic carbocycles. The molecule has 6 rings (SSSR count). The van der Waals surface area contributed by atoms with Gasteiger partial charge in [-0.15, -0.1) is 0 Å². The van der Waals surface area contributed by atoms with Crippen LogP contribution in [0.5, 0.6) is 0 Å². The lowest BCUT2D eigenvalue weighted by Gasteiger charge is -2.11. The van der Waals surface area contributed by atoms with Crippen LogP contribution in [0.4, 0.5) is 8.78 Å². The molecule has 2 aromatic carbocycles. The van der Waals surface area contributed by atoms with Crippen LogP contribution in [0.25, 0.3) is 0 Å². The summed E-state index contributed by atoms with van der Waals surface area (Å²) in [6.07, 6.45) is -1.30. The fourth-order valence-corrected chi connectivity index (χ4v) is 4.87. The minimum atomic E-state index is -1.05. The standard InChI is InChI=1S/2C14H13FN2O/c2*1-9(18)12-8-14-11(15)7-13(17(14)16-12)10-5-3-2-4-6-10/h2*2-6,8,11,13H,7H2,1H3/t2*11-,13-/m10/s1. The normalized spacial score (nSPS) is 21.9. The van der Waals surface area contributed by atoms with Crippen LogP contribution in [0.2, 0.25) is 0 Å². The zero-order valence-corrected chi connectivity index (χ0v) is 20.0. The highest BCUT2D eigenvalue weighted by Crippen LogP contribution is 2.41. The van der Waals surface area contributed by atoms with Crippen molar-refractivity contribution in [2.24, 2.45) is 0 Å². The summed E-state index contributed by atoms with van der Waals surface area (Å²) in [5.41, 5.74) is 3.75. The Morgan fingerprint density at radius 3 is 1.39 bits per heavy atom. The summed E-state index contributed by atoms with van der Waals surface area (Å²) in [6, 6.07) is 22.3. The molecule has 0 N–H and O–H groups in total. The number of hydrogen-bond donors (Lipinski definition) is 0. The zero-order chi connectivity index (χ0) is 25.4. The fourth-order valence-electron chi connectivity index (χ4n) is 4.87. The molecule has 36 heavy (non-hydrogen) atoms. The van der Waals surface area contributed by atoms with E-state index in [9.17, 15) is 18.4 Å². The molecule has 0 radical (unpaired) electrons. The first kappa shape index (κ1) is 23.8. The third-order valence-corrected chi connectivity index (χ3v) is 6.71. The van der Waals surface area contributed by atoms with Gasteiger partial charge in [0, 0.05) is 26.7 Å². The number of halogens is 2. The van der Waals surface area contributed by atoms with E-state index in [1.54, 1.807) is 21.5 Å². The van der Waals surface area contributed by atoms with E-state index < -0.39 is 12.3 Å². The summed E-state index contributed by atoms with van der Waals surface area (Å²) in [6.45, 7) is 2.89. The summed E-state index contributed by atoms with van der Waals surface area (Å²) in [4.78, 5) is 22.6. The highest BCUT2D eigenvalue weighted by Gasteiger charge is 2.35. The molecule has 0 saturated heterocycles. The van der Waals surface area contributed by atoms with E-state index in [0.717, 1.165) is 11.1 Å². The maximum atomic E-state index is 14.0. The minimum Gasteiger partial charge on any atom is -0.293 e. The van der Waals surface area contributed by atoms with Gasteiger partial charge in [-0.05, 0) is 23.3 Å². The molecule has 2 aliphatic rings. The minimum absolute atomic E-state index is 0.107. The largest absolute Gasteiger partial charge is 0.293 e. The van der Waals surface area contributed by atoms with Crippen molar-refractivity contribution in [1.82, 2.24) is 19.6 Å². The van der Waals surface area contributed by atoms with Crippen LogP contribution in [0.3, 0.4) is 0 Å². The van der Waals surface area contributed by atoms with Gasteiger partial charge in [0.1, 0.15) is 23.7 Å². The number of aromatic nitrogens is 4. The van der Waals surface area contributed by atoms with Crippen molar-refractivity contribution in [3.05, 3.63) is 107 Å². The van der Waals surface area contributed by atoms with E-state index in [-0.39, 0.29) is 23.7 Å². The smallest absolute Gasteiger partial charge is 0.179 e. The Kier molecular flexibility index (Phi) is 6.35. The fraction of sp³-hybridized carbons (Fsp3) is 0.286. The van der Waals surface area contributed by atoms with Crippen molar-refractivity contribution >= 4 is 11.6 Å². The summed E-state index contributed by atoms with van der Waals surface area (Å²) < 4.78 is 31.2. The molecular formula is C28H26F2N4O2. The molecular weight excluding hydrogens is 462 g/mol. The topological polar surface area (TPSA) is 69.8 Å². The number of alkyl halides is 2. The number of ketones is 2. The third-order valence-electron chi connectivity index (χ3n) is 6.71. The highest BCUT2D eigenvalue weighted by molar-refractivity contribution is 5.92. The van der Waals surface area contributed by atoms with Gasteiger partial charge in [0.15, 0.2) is 11.6 Å². The Morgan fingerprint density at radius 1 is 0.694 bits per heavy atom. The molecule has 2 aromatic heterocycles. The monoisotopic (exact) mass is 488 g/mol. The predicted octanol–water partition coefficient (Wildman–Crippen LogP) is 6.18. The molecule has 2 aliphatic heterocycles. The van der Waals surface area contributed by atoms with Crippen molar-refractivity contribution < 1.29 is 18.4 Å². The average Bonchev–Trinajstić information content (AvgIpc) is 3.63. The molecule has 6 nitrogen and oxygen atoms in total. The van der Waals surface area contributed by atoms with Gasteiger partial charge in [-0.3, -0.25) is 19.0 Å². The van der Waals surface area contributed by atoms with Gasteiger partial charge in [-0.25, -0.2) is 8.78 Å². The van der Waals surface area contributed by atoms with Gasteiger partial charge >= 0.3 is 0 Å². The molecule has 0 spiro atoms. The molecule has 184 valence electrons. The summed E-state index contributed by atoms with van der Waals surface area (Å²) >= 11 is 0. The molecule has 8 heteroatoms. The lowest BCUT2D eigenvalue weighted by molar-refractivity contribution is 0.0999. The quantitative estimate of drug-likeness (QED) is 0.322. The summed E-state index contributed by atoms with van der Waals surface area (Å²) in [7, 11) is 0. The van der Waals surface area contributed by atoms with Gasteiger partial charge in [0.05, 0.1) is 23.5 Å². The first-order valence-electron chi connectivity index (χ1n) is 11.9. The van der Waals surface area contributed by atoms with E-state index in [0.29, 0.717) is 35.6 Å². The number of benzene rings is 2. The average molecular weight is 489 g/mol. The van der Waals surface area contributed by atoms with Crippen LogP contribution in [0, 0.1) is 0 Å². The molecule has 0 bridgehead atoms. The van der Waals surface area contributed by atoms with E-state index >= 15 is 0 Å². The number of nitrogens with zero attached hydrogens (tertiary/aromatic N) is 4. The maximum Gasteiger partial charge on any atom is 0.179 e. The van der Waals surface area contributed by atoms with Crippen LogP contribution in [-0.4, -0.2) is 31.1 Å². The number of Topliss-reactive ketones (excluding diaryl/α,β-unsaturated/α-hetero) is 2. The Morgan fingerprint density at radius 2 is 1.06 bits per heavy atom. The van der Waals surface area contributed by atoms with Crippen LogP contribution in [0.15, 0.2) is 72.8 Å². The first-order valence-corrected chi connectivity index (χ1v) is 11.9. The van der Waals surface area contributed by atoms with Crippen LogP contribution < -0.4 is 0 Å². The third kappa shape index (κ3) is 4.39. The molecule has 4 aromatic rings. The lowest BCUT2D eigenvalue weighted by atomic mass is 10.0. The van der Waals surface area contributed by atoms with Gasteiger partial charge in [-0.2, -0.15) is 10.2 Å². The number of rotatable bonds is 4. The second kappa shape index (κ2) is 9.60. The Labute approximate surface area is 207 Å². The lowest BCUT2D eigenvalue weighted by Crippen LogP contribution is -2.08. The van der Waals surface area contributed by atoms with E-state index in [1.165, 1.54) is 13.8 Å². The molecule has 0 amide bonds. The maximum absolute atomic E-state index is 14.0. The molecule has 4 heterocycles. The van der Waals surface area contributed by atoms with Crippen LogP contribution >= 0.6 is 0 Å². The first-order chi connectivity index (χ1) is 17.3. The van der Waals surface area contributed by atoms with E-state index in [1.807, 2.05) is 60.7 Å². The highest BCUT2D eigenvalue weighted by atomic mass is 19.1. The van der Waals surface area contributed by atoms with Crippen molar-refractivity contribution in [1.29, 1.82) is 0 Å². The van der Waals surface area contributed by atoms with Crippen LogP contribution in [0.1, 0.15) is 94.6 Å². The van der Waals surface area contributed by atoms with Crippen LogP contribution in [-0.2, 0) is 0 Å². The predicted molar refractivity (Wildman–Crippen MR) is 131 cm³/mol. The number of carbonyl (C=O) groups is 2. The van der Waals surface area contributed by atoms with Gasteiger partial charge in [0.25, 0.3) is 0 Å². The van der Waals surface area contributed by atoms with Gasteiger partial charge in [0.2, 0.25) is 0 Å². The Hall–Kier alpha value is -3.94. The second-order valence-electron chi connectivity index (χ2n) is 9.17. The SMILES string of the molecule is CC(=O)c1cc2n(n1)[C@@H](c1ccccc1)C[C@H]2F.CC(=O)c1cc2n(n1)[C@H](c1ccccc1)C[C@@H]2F. The van der Waals surface area contributed by atoms with Gasteiger partial charge in [-0.1, -0.05) is 60.7 Å². The van der Waals surface area contributed by atoms with Crippen molar-refractivity contribution in [2.45, 2.75) is 51.1 Å². The molecule has 4 atom stereocenters. The Balaban J connectivity index is 0.000000148. The molecule has 0 unspecified atom stereocenters. The van der Waals surface area contributed by atoms with Gasteiger partial charge < -0.3 is 0 Å².